The van der Waals surface area contributed by atoms with Gasteiger partial charge in [-0.3, -0.25) is 4.79 Å². The topological polar surface area (TPSA) is 75.7 Å². The number of phenolic OH excluding ortho intramolecular Hbond substituents is 1. The maximum absolute atomic E-state index is 12.4. The average molecular weight is 301 g/mol. The highest BCUT2D eigenvalue weighted by Crippen LogP contribution is 2.29. The number of hydrogen-bond acceptors (Lipinski definition) is 3. The molecule has 0 fully saturated rings. The summed E-state index contributed by atoms with van der Waals surface area (Å²) in [5, 5.41) is 11.3. The molecule has 1 aliphatic heterocycles. The number of rotatable bonds is 1. The summed E-state index contributed by atoms with van der Waals surface area (Å²) in [4.78, 5) is 16.5. The van der Waals surface area contributed by atoms with Crippen molar-refractivity contribution in [1.82, 2.24) is 0 Å². The van der Waals surface area contributed by atoms with Crippen molar-refractivity contribution in [2.75, 3.05) is 5.73 Å². The van der Waals surface area contributed by atoms with Gasteiger partial charge in [0.25, 0.3) is 5.91 Å². The fraction of sp³-hybridized carbons (Fsp3) is 0.125. The Morgan fingerprint density at radius 1 is 1.24 bits per heavy atom. The number of phenols is 1. The predicted octanol–water partition coefficient (Wildman–Crippen LogP) is 1.53. The molecule has 2 aromatic rings. The van der Waals surface area contributed by atoms with Crippen LogP contribution in [0.2, 0.25) is 5.02 Å². The molecular formula is C16H13ClN2O2. The van der Waals surface area contributed by atoms with Crippen LogP contribution < -0.4 is 16.3 Å². The molecular weight excluding hydrogens is 288 g/mol. The van der Waals surface area contributed by atoms with E-state index in [1.807, 2.05) is 0 Å². The summed E-state index contributed by atoms with van der Waals surface area (Å²) >= 11 is 5.88. The number of carbonyl (C=O) groups excluding carboxylic acids is 1. The molecule has 0 bridgehead atoms. The third-order valence-corrected chi connectivity index (χ3v) is 3.93. The van der Waals surface area contributed by atoms with Gasteiger partial charge in [0.15, 0.2) is 0 Å². The zero-order valence-electron chi connectivity index (χ0n) is 11.3. The van der Waals surface area contributed by atoms with Crippen molar-refractivity contribution in [3.8, 4) is 5.75 Å². The fourth-order valence-electron chi connectivity index (χ4n) is 2.44. The molecule has 4 nitrogen and oxygen atoms in total. The summed E-state index contributed by atoms with van der Waals surface area (Å²) in [6.07, 6.45) is 1.72. The standard InChI is InChI=1S/C16H13ClN2O2/c1-16(9-2-4-11(18)5-3-9)8-12-13(19-15(16)21)6-10(17)7-14(12)20/h2-8,20H,18H2,1H3. The van der Waals surface area contributed by atoms with E-state index in [9.17, 15) is 9.90 Å². The second-order valence-electron chi connectivity index (χ2n) is 5.24. The molecule has 0 aliphatic carbocycles. The third-order valence-electron chi connectivity index (χ3n) is 3.71. The number of hydrogen-bond donors (Lipinski definition) is 2. The first-order valence-electron chi connectivity index (χ1n) is 6.41. The Morgan fingerprint density at radius 2 is 1.90 bits per heavy atom. The van der Waals surface area contributed by atoms with Crippen LogP contribution in [0.3, 0.4) is 0 Å². The SMILES string of the molecule is CC1(c2ccc(N)cc2)C=c2c(O)cc(Cl)cc2=NC1=O. The van der Waals surface area contributed by atoms with Crippen LogP contribution in [0.1, 0.15) is 12.5 Å². The van der Waals surface area contributed by atoms with Crippen molar-refractivity contribution in [3.63, 3.8) is 0 Å². The predicted molar refractivity (Wildman–Crippen MR) is 81.6 cm³/mol. The molecule has 3 rings (SSSR count). The van der Waals surface area contributed by atoms with Gasteiger partial charge in [0, 0.05) is 15.9 Å². The molecule has 0 spiro atoms. The summed E-state index contributed by atoms with van der Waals surface area (Å²) in [6.45, 7) is 1.77. The highest BCUT2D eigenvalue weighted by atomic mass is 35.5. The number of nitrogens with zero attached hydrogens (tertiary/aromatic N) is 1. The summed E-state index contributed by atoms with van der Waals surface area (Å²) in [6, 6.07) is 10.0. The Morgan fingerprint density at radius 3 is 2.57 bits per heavy atom. The quantitative estimate of drug-likeness (QED) is 0.784. The second-order valence-corrected chi connectivity index (χ2v) is 5.68. The minimum atomic E-state index is -0.938. The van der Waals surface area contributed by atoms with Crippen LogP contribution in [-0.2, 0) is 10.2 Å². The first-order valence-corrected chi connectivity index (χ1v) is 6.78. The van der Waals surface area contributed by atoms with Crippen molar-refractivity contribution in [1.29, 1.82) is 0 Å². The minimum absolute atomic E-state index is 0.00965. The van der Waals surface area contributed by atoms with Crippen LogP contribution in [0.5, 0.6) is 5.75 Å². The molecule has 1 heterocycles. The lowest BCUT2D eigenvalue weighted by Crippen LogP contribution is -2.41. The molecule has 1 unspecified atom stereocenters. The number of fused-ring (bicyclic) bond motifs is 1. The third kappa shape index (κ3) is 2.17. The van der Waals surface area contributed by atoms with Crippen LogP contribution in [0, 0.1) is 0 Å². The maximum atomic E-state index is 12.4. The molecule has 0 saturated carbocycles. The van der Waals surface area contributed by atoms with E-state index in [-0.39, 0.29) is 11.7 Å². The van der Waals surface area contributed by atoms with Gasteiger partial charge in [-0.15, -0.1) is 0 Å². The van der Waals surface area contributed by atoms with E-state index in [0.29, 0.717) is 21.3 Å². The summed E-state index contributed by atoms with van der Waals surface area (Å²) in [7, 11) is 0. The van der Waals surface area contributed by atoms with Gasteiger partial charge in [0.2, 0.25) is 0 Å². The number of nitrogen functional groups attached to an aromatic ring is 1. The molecule has 21 heavy (non-hydrogen) atoms. The zero-order chi connectivity index (χ0) is 15.2. The number of halogens is 1. The van der Waals surface area contributed by atoms with Gasteiger partial charge in [-0.25, -0.2) is 4.99 Å². The molecule has 3 N–H and O–H groups in total. The van der Waals surface area contributed by atoms with Crippen molar-refractivity contribution in [2.45, 2.75) is 12.3 Å². The van der Waals surface area contributed by atoms with Crippen LogP contribution in [0.25, 0.3) is 6.08 Å². The van der Waals surface area contributed by atoms with Crippen molar-refractivity contribution < 1.29 is 9.90 Å². The van der Waals surface area contributed by atoms with Crippen molar-refractivity contribution in [2.24, 2.45) is 4.99 Å². The minimum Gasteiger partial charge on any atom is -0.507 e. The van der Waals surface area contributed by atoms with Crippen LogP contribution in [0.4, 0.5) is 5.69 Å². The van der Waals surface area contributed by atoms with E-state index < -0.39 is 5.41 Å². The van der Waals surface area contributed by atoms with E-state index in [1.165, 1.54) is 6.07 Å². The smallest absolute Gasteiger partial charge is 0.260 e. The van der Waals surface area contributed by atoms with E-state index in [1.54, 1.807) is 43.3 Å². The van der Waals surface area contributed by atoms with Gasteiger partial charge in [-0.2, -0.15) is 0 Å². The van der Waals surface area contributed by atoms with Gasteiger partial charge in [-0.05, 0) is 36.8 Å². The number of aromatic hydroxyl groups is 1. The number of benzene rings is 2. The van der Waals surface area contributed by atoms with Gasteiger partial charge >= 0.3 is 0 Å². The van der Waals surface area contributed by atoms with Gasteiger partial charge in [0.05, 0.1) is 10.8 Å². The first-order chi connectivity index (χ1) is 9.90. The van der Waals surface area contributed by atoms with Crippen LogP contribution in [0.15, 0.2) is 41.4 Å². The van der Waals surface area contributed by atoms with E-state index in [2.05, 4.69) is 4.99 Å². The highest BCUT2D eigenvalue weighted by Gasteiger charge is 2.35. The Kier molecular flexibility index (Phi) is 2.99. The Hall–Kier alpha value is -2.33. The maximum Gasteiger partial charge on any atom is 0.260 e. The lowest BCUT2D eigenvalue weighted by atomic mass is 9.79. The molecule has 0 aromatic heterocycles. The van der Waals surface area contributed by atoms with Crippen LogP contribution in [-0.4, -0.2) is 11.0 Å². The van der Waals surface area contributed by atoms with Gasteiger partial charge in [0.1, 0.15) is 5.75 Å². The molecule has 0 saturated heterocycles. The lowest BCUT2D eigenvalue weighted by molar-refractivity contribution is -0.121. The Labute approximate surface area is 126 Å². The second kappa shape index (κ2) is 4.60. The average Bonchev–Trinajstić information content (AvgIpc) is 2.42. The Bertz CT molecular complexity index is 859. The molecule has 1 aliphatic rings. The van der Waals surface area contributed by atoms with Crippen molar-refractivity contribution in [3.05, 3.63) is 57.6 Å². The van der Waals surface area contributed by atoms with Gasteiger partial charge < -0.3 is 10.8 Å². The number of anilines is 1. The highest BCUT2D eigenvalue weighted by molar-refractivity contribution is 6.30. The first kappa shape index (κ1) is 13.6. The Balaban J connectivity index is 2.28. The van der Waals surface area contributed by atoms with E-state index in [0.717, 1.165) is 5.56 Å². The molecule has 5 heteroatoms. The zero-order valence-corrected chi connectivity index (χ0v) is 12.1. The van der Waals surface area contributed by atoms with Crippen LogP contribution >= 0.6 is 11.6 Å². The fourth-order valence-corrected chi connectivity index (χ4v) is 2.65. The lowest BCUT2D eigenvalue weighted by Gasteiger charge is -2.25. The van der Waals surface area contributed by atoms with E-state index >= 15 is 0 Å². The molecule has 0 radical (unpaired) electrons. The monoisotopic (exact) mass is 300 g/mol. The van der Waals surface area contributed by atoms with Gasteiger partial charge in [-0.1, -0.05) is 29.8 Å². The molecule has 106 valence electrons. The largest absolute Gasteiger partial charge is 0.507 e. The number of nitrogens with two attached hydrogens (primary N) is 1. The summed E-state index contributed by atoms with van der Waals surface area (Å²) in [5.74, 6) is -0.295. The number of carbonyl (C=O) groups is 1. The summed E-state index contributed by atoms with van der Waals surface area (Å²) in [5.41, 5.74) is 6.13. The van der Waals surface area contributed by atoms with E-state index in [4.69, 9.17) is 17.3 Å². The molecule has 1 amide bonds. The molecule has 1 atom stereocenters. The normalized spacial score (nSPS) is 20.4. The molecule has 2 aromatic carbocycles. The summed E-state index contributed by atoms with van der Waals surface area (Å²) < 4.78 is 0. The number of amides is 1. The van der Waals surface area contributed by atoms with Crippen molar-refractivity contribution >= 4 is 29.3 Å².